The molecule has 4 bridgehead atoms. The topological polar surface area (TPSA) is 0 Å². The van der Waals surface area contributed by atoms with Gasteiger partial charge in [-0.3, -0.25) is 0 Å². The third-order valence-corrected chi connectivity index (χ3v) is 10.5. The second-order valence-corrected chi connectivity index (χ2v) is 12.9. The largest absolute Gasteiger partial charge is 0.0842 e. The lowest BCUT2D eigenvalue weighted by atomic mass is 9.67. The summed E-state index contributed by atoms with van der Waals surface area (Å²) in [5.41, 5.74) is 13.3. The van der Waals surface area contributed by atoms with Crippen LogP contribution in [0.5, 0.6) is 0 Å². The number of hydrogen-bond donors (Lipinski definition) is 0. The van der Waals surface area contributed by atoms with Gasteiger partial charge in [0.2, 0.25) is 0 Å². The third kappa shape index (κ3) is 4.72. The highest BCUT2D eigenvalue weighted by Gasteiger charge is 2.34. The molecule has 0 spiro atoms. The highest BCUT2D eigenvalue weighted by Crippen LogP contribution is 2.47. The van der Waals surface area contributed by atoms with E-state index in [1.807, 2.05) is 0 Å². The average molecular weight is 545 g/mol. The van der Waals surface area contributed by atoms with Crippen molar-refractivity contribution in [1.82, 2.24) is 0 Å². The Kier molecular flexibility index (Phi) is 6.79. The molecule has 0 heterocycles. The third-order valence-electron chi connectivity index (χ3n) is 10.5. The van der Waals surface area contributed by atoms with Gasteiger partial charge in [-0.25, -0.2) is 0 Å². The molecule has 0 saturated carbocycles. The van der Waals surface area contributed by atoms with Gasteiger partial charge in [-0.05, 0) is 107 Å². The van der Waals surface area contributed by atoms with Crippen molar-refractivity contribution in [1.29, 1.82) is 0 Å². The number of rotatable bonds is 2. The second kappa shape index (κ2) is 11.1. The van der Waals surface area contributed by atoms with Crippen LogP contribution in [0.2, 0.25) is 0 Å². The summed E-state index contributed by atoms with van der Waals surface area (Å²) in [4.78, 5) is 0. The summed E-state index contributed by atoms with van der Waals surface area (Å²) in [6.07, 6.45) is 49.4. The maximum absolute atomic E-state index is 2.65. The SMILES string of the molecule is C1=CCCC(C2=CC(C3=CC4C5=CC(CC=C5)c5ccccc5C5=CC=CCC5C5C=C(C=CC5)C4C=C3)=CCC2)=C1. The molecule has 208 valence electrons. The molecule has 0 saturated heterocycles. The van der Waals surface area contributed by atoms with Crippen LogP contribution in [-0.4, -0.2) is 0 Å². The first kappa shape index (κ1) is 25.8. The van der Waals surface area contributed by atoms with E-state index in [0.29, 0.717) is 29.6 Å². The number of hydrogen-bond acceptors (Lipinski definition) is 0. The van der Waals surface area contributed by atoms with E-state index < -0.39 is 0 Å². The van der Waals surface area contributed by atoms with Gasteiger partial charge in [-0.1, -0.05) is 128 Å². The molecule has 7 aliphatic carbocycles. The Morgan fingerprint density at radius 1 is 0.643 bits per heavy atom. The molecule has 7 aliphatic rings. The molecule has 5 atom stereocenters. The first-order chi connectivity index (χ1) is 20.8. The minimum absolute atomic E-state index is 0.336. The van der Waals surface area contributed by atoms with Gasteiger partial charge in [-0.15, -0.1) is 0 Å². The molecule has 0 fully saturated rings. The van der Waals surface area contributed by atoms with Crippen LogP contribution < -0.4 is 0 Å². The van der Waals surface area contributed by atoms with Crippen molar-refractivity contribution >= 4 is 5.57 Å². The molecular formula is C42H40. The molecule has 8 rings (SSSR count). The van der Waals surface area contributed by atoms with Crippen LogP contribution in [0.25, 0.3) is 5.57 Å². The van der Waals surface area contributed by atoms with Crippen LogP contribution in [0.1, 0.15) is 62.0 Å². The molecule has 5 unspecified atom stereocenters. The van der Waals surface area contributed by atoms with Gasteiger partial charge >= 0.3 is 0 Å². The van der Waals surface area contributed by atoms with Gasteiger partial charge in [0.05, 0.1) is 0 Å². The van der Waals surface area contributed by atoms with Gasteiger partial charge in [0.1, 0.15) is 0 Å². The number of fused-ring (bicyclic) bond motifs is 10. The van der Waals surface area contributed by atoms with E-state index in [1.54, 1.807) is 0 Å². The van der Waals surface area contributed by atoms with Crippen LogP contribution in [0.15, 0.2) is 161 Å². The van der Waals surface area contributed by atoms with Crippen molar-refractivity contribution < 1.29 is 0 Å². The smallest absolute Gasteiger partial charge is 0.0128 e. The lowest BCUT2D eigenvalue weighted by Crippen LogP contribution is -2.24. The fraction of sp³-hybridized carbons (Fsp3) is 0.286. The Labute approximate surface area is 251 Å². The Morgan fingerprint density at radius 3 is 2.43 bits per heavy atom. The molecule has 1 aromatic rings. The molecule has 1 aromatic carbocycles. The lowest BCUT2D eigenvalue weighted by molar-refractivity contribution is 0.478. The molecule has 42 heavy (non-hydrogen) atoms. The predicted molar refractivity (Wildman–Crippen MR) is 178 cm³/mol. The first-order valence-electron chi connectivity index (χ1n) is 16.2. The highest BCUT2D eigenvalue weighted by molar-refractivity contribution is 5.74. The molecule has 0 radical (unpaired) electrons. The lowest BCUT2D eigenvalue weighted by Gasteiger charge is -2.36. The summed E-state index contributed by atoms with van der Waals surface area (Å²) in [5, 5.41) is 0. The van der Waals surface area contributed by atoms with Gasteiger partial charge in [0.25, 0.3) is 0 Å². The molecule has 0 nitrogen and oxygen atoms in total. The quantitative estimate of drug-likeness (QED) is 0.347. The fourth-order valence-electron chi connectivity index (χ4n) is 8.33. The van der Waals surface area contributed by atoms with E-state index in [2.05, 4.69) is 128 Å². The van der Waals surface area contributed by atoms with E-state index in [1.165, 1.54) is 56.6 Å². The van der Waals surface area contributed by atoms with Gasteiger partial charge in [-0.2, -0.15) is 0 Å². The van der Waals surface area contributed by atoms with Crippen LogP contribution in [0, 0.1) is 23.7 Å². The van der Waals surface area contributed by atoms with Crippen molar-refractivity contribution in [3.8, 4) is 0 Å². The summed E-state index contributed by atoms with van der Waals surface area (Å²) in [6, 6.07) is 9.26. The van der Waals surface area contributed by atoms with Crippen LogP contribution in [0.4, 0.5) is 0 Å². The van der Waals surface area contributed by atoms with Crippen molar-refractivity contribution in [2.75, 3.05) is 0 Å². The number of benzene rings is 1. The zero-order valence-electron chi connectivity index (χ0n) is 24.5. The van der Waals surface area contributed by atoms with E-state index in [9.17, 15) is 0 Å². The monoisotopic (exact) mass is 544 g/mol. The Morgan fingerprint density at radius 2 is 1.50 bits per heavy atom. The van der Waals surface area contributed by atoms with Gasteiger partial charge in [0.15, 0.2) is 0 Å². The van der Waals surface area contributed by atoms with Gasteiger partial charge < -0.3 is 0 Å². The maximum Gasteiger partial charge on any atom is 0.0128 e. The van der Waals surface area contributed by atoms with E-state index >= 15 is 0 Å². The van der Waals surface area contributed by atoms with E-state index in [0.717, 1.165) is 38.5 Å². The predicted octanol–water partition coefficient (Wildman–Crippen LogP) is 10.8. The fourth-order valence-corrected chi connectivity index (χ4v) is 8.33. The zero-order valence-corrected chi connectivity index (χ0v) is 24.5. The second-order valence-electron chi connectivity index (χ2n) is 12.9. The minimum Gasteiger partial charge on any atom is -0.0842 e. The summed E-state index contributed by atoms with van der Waals surface area (Å²) in [7, 11) is 0. The number of allylic oxidation sites excluding steroid dienone is 24. The molecule has 0 aromatic heterocycles. The van der Waals surface area contributed by atoms with Gasteiger partial charge in [0, 0.05) is 17.8 Å². The van der Waals surface area contributed by atoms with Crippen molar-refractivity contribution in [3.05, 3.63) is 172 Å². The molecule has 0 heteroatoms. The Bertz CT molecular complexity index is 1660. The normalized spacial score (nSPS) is 31.0. The summed E-state index contributed by atoms with van der Waals surface area (Å²) in [6.45, 7) is 0. The molecule has 0 amide bonds. The molecule has 0 aliphatic heterocycles. The zero-order chi connectivity index (χ0) is 27.9. The minimum atomic E-state index is 0.336. The van der Waals surface area contributed by atoms with E-state index in [4.69, 9.17) is 0 Å². The summed E-state index contributed by atoms with van der Waals surface area (Å²) >= 11 is 0. The molecular weight excluding hydrogens is 504 g/mol. The summed E-state index contributed by atoms with van der Waals surface area (Å²) < 4.78 is 0. The maximum atomic E-state index is 2.65. The van der Waals surface area contributed by atoms with Crippen LogP contribution >= 0.6 is 0 Å². The Balaban J connectivity index is 1.24. The summed E-state index contributed by atoms with van der Waals surface area (Å²) in [5.74, 6) is 2.16. The van der Waals surface area contributed by atoms with Crippen molar-refractivity contribution in [2.24, 2.45) is 23.7 Å². The van der Waals surface area contributed by atoms with E-state index in [-0.39, 0.29) is 0 Å². The first-order valence-corrected chi connectivity index (χ1v) is 16.2. The van der Waals surface area contributed by atoms with Crippen molar-refractivity contribution in [2.45, 2.75) is 50.9 Å². The average Bonchev–Trinajstić information content (AvgIpc) is 3.08. The van der Waals surface area contributed by atoms with Crippen LogP contribution in [0.3, 0.4) is 0 Å². The van der Waals surface area contributed by atoms with Crippen LogP contribution in [-0.2, 0) is 0 Å². The molecule has 0 N–H and O–H groups in total. The standard InChI is InChI=1S/C42H40/c1-2-11-29(12-3-1)30-13-8-14-31(25-30)32-23-24-39-35-17-9-15-33(26-35)37-19-4-6-21-40(37)41-22-7-5-20-38(41)34-16-10-18-36(27-34)42(39)28-32/h1-2,4-7,9-11,14,17-18,20-28,33-34,37,39,42H,3,8,12-13,15-16,19H2. The Hall–Kier alpha value is -3.90. The highest BCUT2D eigenvalue weighted by atomic mass is 14.4. The van der Waals surface area contributed by atoms with Crippen molar-refractivity contribution in [3.63, 3.8) is 0 Å².